The quantitative estimate of drug-likeness (QED) is 0.320. The Kier molecular flexibility index (Phi) is 6.73. The molecule has 1 saturated carbocycles. The number of nitrogens with one attached hydrogen (secondary N) is 1. The zero-order chi connectivity index (χ0) is 25.9. The van der Waals surface area contributed by atoms with Crippen molar-refractivity contribution < 1.29 is 9.18 Å². The molecule has 4 aromatic rings. The normalized spacial score (nSPS) is 14.6. The first-order chi connectivity index (χ1) is 18.7. The maximum absolute atomic E-state index is 14.8. The fourth-order valence-corrected chi connectivity index (χ4v) is 4.99. The summed E-state index contributed by atoms with van der Waals surface area (Å²) in [5.74, 6) is 0.0657. The van der Waals surface area contributed by atoms with Crippen LogP contribution in [-0.2, 0) is 25.9 Å². The monoisotopic (exact) mass is 509 g/mol. The summed E-state index contributed by atoms with van der Waals surface area (Å²) < 4.78 is 16.4. The van der Waals surface area contributed by atoms with Gasteiger partial charge in [0.25, 0.3) is 5.91 Å². The fourth-order valence-electron chi connectivity index (χ4n) is 4.99. The molecular weight excluding hydrogens is 481 g/mol. The Morgan fingerprint density at radius 1 is 1.00 bits per heavy atom. The van der Waals surface area contributed by atoms with Crippen LogP contribution in [0, 0.1) is 11.7 Å². The van der Waals surface area contributed by atoms with Gasteiger partial charge in [0.15, 0.2) is 5.69 Å². The largest absolute Gasteiger partial charge is 0.345 e. The van der Waals surface area contributed by atoms with Gasteiger partial charge >= 0.3 is 0 Å². The Labute approximate surface area is 220 Å². The van der Waals surface area contributed by atoms with Crippen molar-refractivity contribution in [3.05, 3.63) is 106 Å². The molecule has 0 bridgehead atoms. The Balaban J connectivity index is 1.05. The lowest BCUT2D eigenvalue weighted by Crippen LogP contribution is -2.23. The second kappa shape index (κ2) is 10.6. The van der Waals surface area contributed by atoms with Gasteiger partial charge in [0.2, 0.25) is 0 Å². The highest BCUT2D eigenvalue weighted by Gasteiger charge is 2.35. The van der Waals surface area contributed by atoms with E-state index in [0.717, 1.165) is 66.7 Å². The number of benzene rings is 1. The molecule has 6 rings (SSSR count). The van der Waals surface area contributed by atoms with E-state index in [2.05, 4.69) is 36.9 Å². The number of aromatic nitrogens is 6. The van der Waals surface area contributed by atoms with Crippen molar-refractivity contribution in [2.75, 3.05) is 0 Å². The number of carbonyl (C=O) groups is 1. The van der Waals surface area contributed by atoms with Gasteiger partial charge in [-0.05, 0) is 67.9 Å². The van der Waals surface area contributed by atoms with Crippen molar-refractivity contribution in [3.63, 3.8) is 0 Å². The average Bonchev–Trinajstić information content (AvgIpc) is 3.56. The van der Waals surface area contributed by atoms with Crippen LogP contribution in [0.4, 0.5) is 4.39 Å². The van der Waals surface area contributed by atoms with Crippen molar-refractivity contribution in [2.45, 2.75) is 51.6 Å². The maximum atomic E-state index is 14.8. The van der Waals surface area contributed by atoms with Crippen molar-refractivity contribution in [2.24, 2.45) is 5.92 Å². The van der Waals surface area contributed by atoms with Crippen molar-refractivity contribution in [1.82, 2.24) is 35.5 Å². The van der Waals surface area contributed by atoms with Gasteiger partial charge in [-0.3, -0.25) is 14.5 Å². The molecule has 8 nitrogen and oxygen atoms in total. The summed E-state index contributed by atoms with van der Waals surface area (Å²) in [6, 6.07) is 14.7. The molecule has 0 radical (unpaired) electrons. The second-order valence-electron chi connectivity index (χ2n) is 9.85. The van der Waals surface area contributed by atoms with Crippen LogP contribution < -0.4 is 5.32 Å². The minimum absolute atomic E-state index is 0.190. The summed E-state index contributed by atoms with van der Waals surface area (Å²) in [6.07, 6.45) is 8.93. The molecule has 0 aliphatic heterocycles. The third kappa shape index (κ3) is 5.22. The van der Waals surface area contributed by atoms with Crippen LogP contribution in [0.2, 0.25) is 0 Å². The van der Waals surface area contributed by atoms with Crippen LogP contribution >= 0.6 is 0 Å². The summed E-state index contributed by atoms with van der Waals surface area (Å²) in [6.45, 7) is 0.982. The molecule has 1 aromatic carbocycles. The molecule has 2 aliphatic rings. The zero-order valence-corrected chi connectivity index (χ0v) is 21.0. The number of allylic oxidation sites excluding steroid dienone is 1. The van der Waals surface area contributed by atoms with Gasteiger partial charge < -0.3 is 5.32 Å². The van der Waals surface area contributed by atoms with Gasteiger partial charge in [-0.1, -0.05) is 35.1 Å². The van der Waals surface area contributed by atoms with Crippen LogP contribution in [-0.4, -0.2) is 36.1 Å². The number of nitrogens with zero attached hydrogens (tertiary/aromatic N) is 6. The lowest BCUT2D eigenvalue weighted by molar-refractivity contribution is 0.0945. The number of pyridine rings is 1. The predicted molar refractivity (Wildman–Crippen MR) is 139 cm³/mol. The minimum Gasteiger partial charge on any atom is -0.345 e. The molecule has 0 unspecified atom stereocenters. The number of unbranched alkanes of at least 4 members (excludes halogenated alkanes) is 1. The molecule has 3 aromatic heterocycles. The number of hydrogen-bond donors (Lipinski definition) is 1. The average molecular weight is 510 g/mol. The fraction of sp³-hybridized carbons (Fsp3) is 0.310. The SMILES string of the molecule is O=C(NCc1ccccn1)c1cn(CCCCc2cc3c(nn2)CC(C2CC2)=C3c2ccccc2F)nn1. The van der Waals surface area contributed by atoms with E-state index in [9.17, 15) is 9.18 Å². The van der Waals surface area contributed by atoms with E-state index in [0.29, 0.717) is 24.6 Å². The Hall–Kier alpha value is -4.27. The summed E-state index contributed by atoms with van der Waals surface area (Å²) in [7, 11) is 0. The number of hydrogen-bond acceptors (Lipinski definition) is 6. The Morgan fingerprint density at radius 2 is 1.87 bits per heavy atom. The van der Waals surface area contributed by atoms with Crippen LogP contribution in [0.3, 0.4) is 0 Å². The van der Waals surface area contributed by atoms with Crippen LogP contribution in [0.25, 0.3) is 5.57 Å². The van der Waals surface area contributed by atoms with Crippen molar-refractivity contribution in [1.29, 1.82) is 0 Å². The van der Waals surface area contributed by atoms with Crippen molar-refractivity contribution >= 4 is 11.5 Å². The highest BCUT2D eigenvalue weighted by atomic mass is 19.1. The molecule has 0 saturated heterocycles. The molecule has 38 heavy (non-hydrogen) atoms. The number of rotatable bonds is 10. The topological polar surface area (TPSA) is 98.5 Å². The van der Waals surface area contributed by atoms with Gasteiger partial charge in [-0.15, -0.1) is 5.10 Å². The molecule has 3 heterocycles. The molecule has 1 fully saturated rings. The molecule has 9 heteroatoms. The molecule has 2 aliphatic carbocycles. The van der Waals surface area contributed by atoms with Gasteiger partial charge in [0.05, 0.1) is 29.8 Å². The lowest BCUT2D eigenvalue weighted by atomic mass is 9.95. The number of amides is 1. The van der Waals surface area contributed by atoms with Crippen LogP contribution in [0.1, 0.15) is 64.4 Å². The van der Waals surface area contributed by atoms with E-state index in [1.807, 2.05) is 30.3 Å². The summed E-state index contributed by atoms with van der Waals surface area (Å²) in [5.41, 5.74) is 6.94. The van der Waals surface area contributed by atoms with Gasteiger partial charge in [0.1, 0.15) is 5.82 Å². The highest BCUT2D eigenvalue weighted by molar-refractivity contribution is 5.91. The van der Waals surface area contributed by atoms with Gasteiger partial charge in [0, 0.05) is 30.3 Å². The number of carbonyl (C=O) groups excluding carboxylic acids is 1. The first kappa shape index (κ1) is 24.1. The second-order valence-corrected chi connectivity index (χ2v) is 9.85. The van der Waals surface area contributed by atoms with E-state index in [1.54, 1.807) is 23.1 Å². The first-order valence-corrected chi connectivity index (χ1v) is 13.1. The lowest BCUT2D eigenvalue weighted by Gasteiger charge is -2.10. The first-order valence-electron chi connectivity index (χ1n) is 13.1. The third-order valence-electron chi connectivity index (χ3n) is 7.08. The zero-order valence-electron chi connectivity index (χ0n) is 21.0. The summed E-state index contributed by atoms with van der Waals surface area (Å²) >= 11 is 0. The Bertz CT molecular complexity index is 1490. The molecule has 0 atom stereocenters. The van der Waals surface area contributed by atoms with Gasteiger partial charge in [-0.25, -0.2) is 4.39 Å². The minimum atomic E-state index is -0.278. The van der Waals surface area contributed by atoms with E-state index < -0.39 is 0 Å². The van der Waals surface area contributed by atoms with Crippen LogP contribution in [0.15, 0.2) is 66.5 Å². The molecule has 1 N–H and O–H groups in total. The highest BCUT2D eigenvalue weighted by Crippen LogP contribution is 2.48. The Morgan fingerprint density at radius 3 is 2.68 bits per heavy atom. The number of fused-ring (bicyclic) bond motifs is 1. The molecule has 0 spiro atoms. The predicted octanol–water partition coefficient (Wildman–Crippen LogP) is 4.32. The van der Waals surface area contributed by atoms with Crippen LogP contribution in [0.5, 0.6) is 0 Å². The van der Waals surface area contributed by atoms with Gasteiger partial charge in [-0.2, -0.15) is 10.2 Å². The van der Waals surface area contributed by atoms with Crippen molar-refractivity contribution in [3.8, 4) is 0 Å². The smallest absolute Gasteiger partial charge is 0.273 e. The third-order valence-corrected chi connectivity index (χ3v) is 7.08. The maximum Gasteiger partial charge on any atom is 0.273 e. The van der Waals surface area contributed by atoms with E-state index in [-0.39, 0.29) is 17.4 Å². The molecule has 192 valence electrons. The molecule has 1 amide bonds. The number of halogens is 1. The molecular formula is C29H28FN7O. The van der Waals surface area contributed by atoms with E-state index in [1.165, 1.54) is 11.6 Å². The summed E-state index contributed by atoms with van der Waals surface area (Å²) in [4.78, 5) is 16.6. The van der Waals surface area contributed by atoms with E-state index in [4.69, 9.17) is 0 Å². The standard InChI is InChI=1S/C29H28FN7O/c30-25-10-2-1-9-22(25)28-23(19-11-12-19)16-26-24(28)15-20(33-34-26)7-4-6-14-37-18-27(35-36-37)29(38)32-17-21-8-3-5-13-31-21/h1-3,5,8-10,13,15,18-19H,4,6-7,11-12,14,16-17H2,(H,32,38). The number of aryl methyl sites for hydroxylation is 2. The summed E-state index contributed by atoms with van der Waals surface area (Å²) in [5, 5.41) is 19.9. The van der Waals surface area contributed by atoms with E-state index >= 15 is 0 Å².